The molecule has 1 aliphatic rings. The van der Waals surface area contributed by atoms with Crippen LogP contribution < -0.4 is 0 Å². The van der Waals surface area contributed by atoms with Gasteiger partial charge in [0, 0.05) is 0 Å². The quantitative estimate of drug-likeness (QED) is 0.400. The number of unbranched alkanes of at least 4 members (excludes halogenated alkanes) is 1. The van der Waals surface area contributed by atoms with Crippen molar-refractivity contribution in [2.75, 3.05) is 0 Å². The van der Waals surface area contributed by atoms with E-state index in [2.05, 4.69) is 6.58 Å². The highest BCUT2D eigenvalue weighted by atomic mass is 32.2. The molecule has 1 aliphatic heterocycles. The first kappa shape index (κ1) is 18.7. The average Bonchev–Trinajstić information content (AvgIpc) is 2.75. The fraction of sp³-hybridized carbons (Fsp3) is 0.400. The molecule has 0 N–H and O–H groups in total. The van der Waals surface area contributed by atoms with Crippen molar-refractivity contribution in [1.29, 1.82) is 0 Å². The third-order valence-corrected chi connectivity index (χ3v) is 5.58. The molecule has 2 atom stereocenters. The van der Waals surface area contributed by atoms with Crippen molar-refractivity contribution < 1.29 is 14.0 Å². The number of rotatable bonds is 7. The number of hydrogen-bond donors (Lipinski definition) is 0. The van der Waals surface area contributed by atoms with E-state index in [1.54, 1.807) is 18.2 Å². The monoisotopic (exact) mass is 346 g/mol. The summed E-state index contributed by atoms with van der Waals surface area (Å²) < 4.78 is 12.1. The summed E-state index contributed by atoms with van der Waals surface area (Å²) >= 11 is 1.13. The fourth-order valence-corrected chi connectivity index (χ4v) is 4.23. The van der Waals surface area contributed by atoms with Crippen LogP contribution in [0.2, 0.25) is 0 Å². The van der Waals surface area contributed by atoms with Crippen molar-refractivity contribution in [1.82, 2.24) is 0 Å². The number of benzene rings is 1. The molecule has 0 aliphatic carbocycles. The molecule has 0 amide bonds. The van der Waals surface area contributed by atoms with Gasteiger partial charge < -0.3 is 0 Å². The van der Waals surface area contributed by atoms with E-state index in [4.69, 9.17) is 0 Å². The lowest BCUT2D eigenvalue weighted by Crippen LogP contribution is -2.28. The first-order valence-electron chi connectivity index (χ1n) is 8.19. The van der Waals surface area contributed by atoms with Crippen LogP contribution in [0.3, 0.4) is 0 Å². The van der Waals surface area contributed by atoms with Crippen molar-refractivity contribution in [2.24, 2.45) is 5.92 Å². The lowest BCUT2D eigenvalue weighted by Gasteiger charge is -2.16. The van der Waals surface area contributed by atoms with Gasteiger partial charge in [0.25, 0.3) is 0 Å². The van der Waals surface area contributed by atoms with Gasteiger partial charge in [-0.15, -0.1) is 0 Å². The van der Waals surface area contributed by atoms with Gasteiger partial charge in [-0.3, -0.25) is 9.59 Å². The van der Waals surface area contributed by atoms with Gasteiger partial charge in [0.1, 0.15) is 5.82 Å². The maximum Gasteiger partial charge on any atom is 0.200 e. The predicted molar refractivity (Wildman–Crippen MR) is 97.4 cm³/mol. The van der Waals surface area contributed by atoms with E-state index in [-0.39, 0.29) is 16.7 Å². The third kappa shape index (κ3) is 4.44. The Labute approximate surface area is 147 Å². The molecule has 1 unspecified atom stereocenters. The van der Waals surface area contributed by atoms with E-state index in [0.29, 0.717) is 6.42 Å². The van der Waals surface area contributed by atoms with Gasteiger partial charge >= 0.3 is 0 Å². The molecular weight excluding hydrogens is 323 g/mol. The van der Waals surface area contributed by atoms with E-state index in [0.717, 1.165) is 42.2 Å². The van der Waals surface area contributed by atoms with Gasteiger partial charge in [-0.2, -0.15) is 0 Å². The zero-order valence-corrected chi connectivity index (χ0v) is 15.0. The Morgan fingerprint density at radius 1 is 1.29 bits per heavy atom. The van der Waals surface area contributed by atoms with Crippen molar-refractivity contribution in [3.8, 4) is 0 Å². The first-order valence-corrected chi connectivity index (χ1v) is 9.01. The third-order valence-electron chi connectivity index (χ3n) is 4.35. The molecule has 24 heavy (non-hydrogen) atoms. The summed E-state index contributed by atoms with van der Waals surface area (Å²) in [6.07, 6.45) is 6.63. The number of hydrogen-bond acceptors (Lipinski definition) is 3. The summed E-state index contributed by atoms with van der Waals surface area (Å²) in [4.78, 5) is 24.8. The summed E-state index contributed by atoms with van der Waals surface area (Å²) in [5.74, 6) is -0.748. The Morgan fingerprint density at radius 3 is 2.58 bits per heavy atom. The van der Waals surface area contributed by atoms with Crippen molar-refractivity contribution in [2.45, 2.75) is 44.3 Å². The Hall–Kier alpha value is -1.68. The van der Waals surface area contributed by atoms with Crippen LogP contribution in [-0.4, -0.2) is 15.6 Å². The maximum absolute atomic E-state index is 12.9. The van der Waals surface area contributed by atoms with Gasteiger partial charge in [0.2, 0.25) is 5.12 Å². The molecule has 0 radical (unpaired) electrons. The number of Topliss-reactive ketones (excluding diaryl/α,β-unsaturated/α-hetero) is 1. The summed E-state index contributed by atoms with van der Waals surface area (Å²) in [5.41, 5.74) is 1.98. The van der Waals surface area contributed by atoms with Crippen molar-refractivity contribution in [3.63, 3.8) is 0 Å². The van der Waals surface area contributed by atoms with Crippen LogP contribution >= 0.6 is 11.8 Å². The van der Waals surface area contributed by atoms with E-state index in [1.807, 2.05) is 19.9 Å². The van der Waals surface area contributed by atoms with Crippen molar-refractivity contribution in [3.05, 3.63) is 60.0 Å². The smallest absolute Gasteiger partial charge is 0.200 e. The summed E-state index contributed by atoms with van der Waals surface area (Å²) in [7, 11) is 0. The topological polar surface area (TPSA) is 34.1 Å². The number of carbonyl (C=O) groups excluding carboxylic acids is 2. The Balaban J connectivity index is 1.88. The first-order chi connectivity index (χ1) is 11.4. The van der Waals surface area contributed by atoms with Crippen LogP contribution in [0.15, 0.2) is 48.6 Å². The van der Waals surface area contributed by atoms with E-state index >= 15 is 0 Å². The second-order valence-electron chi connectivity index (χ2n) is 6.41. The van der Waals surface area contributed by atoms with Gasteiger partial charge in [-0.25, -0.2) is 4.39 Å². The Bertz CT molecular complexity index is 663. The molecule has 4 heteroatoms. The zero-order valence-electron chi connectivity index (χ0n) is 14.2. The van der Waals surface area contributed by atoms with Crippen LogP contribution in [-0.2, 0) is 16.0 Å². The molecule has 0 saturated carbocycles. The highest BCUT2D eigenvalue weighted by Gasteiger charge is 2.48. The largest absolute Gasteiger partial charge is 0.297 e. The highest BCUT2D eigenvalue weighted by Crippen LogP contribution is 2.43. The molecule has 0 bridgehead atoms. The van der Waals surface area contributed by atoms with E-state index in [1.165, 1.54) is 12.1 Å². The maximum atomic E-state index is 12.9. The SMILES string of the molecule is C=C/C(C)=C/[C@@]1(C)SC(=O)C(CCCCc2ccc(F)cc2)C1=O. The standard InChI is InChI=1S/C20H23FO2S/c1-4-14(2)13-20(3)18(22)17(19(23)24-20)8-6-5-7-15-9-11-16(21)12-10-15/h4,9-13,17H,1,5-8H2,2-3H3/b14-13+/t17?,20-/m1/s1. The lowest BCUT2D eigenvalue weighted by atomic mass is 9.89. The molecule has 0 aromatic heterocycles. The normalized spacial score (nSPS) is 24.5. The molecule has 1 aromatic carbocycles. The highest BCUT2D eigenvalue weighted by molar-refractivity contribution is 8.16. The Morgan fingerprint density at radius 2 is 1.96 bits per heavy atom. The summed E-state index contributed by atoms with van der Waals surface area (Å²) in [6.45, 7) is 7.38. The average molecular weight is 346 g/mol. The van der Waals surface area contributed by atoms with Gasteiger partial charge in [-0.05, 0) is 50.8 Å². The molecule has 128 valence electrons. The predicted octanol–water partition coefficient (Wildman–Crippen LogP) is 4.89. The number of carbonyl (C=O) groups is 2. The molecule has 0 spiro atoms. The molecule has 2 rings (SSSR count). The van der Waals surface area contributed by atoms with Crippen LogP contribution in [0.5, 0.6) is 0 Å². The van der Waals surface area contributed by atoms with Crippen LogP contribution in [0.25, 0.3) is 0 Å². The molecule has 2 nitrogen and oxygen atoms in total. The minimum atomic E-state index is -0.767. The number of thioether (sulfide) groups is 1. The van der Waals surface area contributed by atoms with Crippen LogP contribution in [0.1, 0.15) is 38.7 Å². The van der Waals surface area contributed by atoms with Gasteiger partial charge in [0.15, 0.2) is 5.78 Å². The Kier molecular flexibility index (Phi) is 6.16. The molecular formula is C20H23FO2S. The van der Waals surface area contributed by atoms with E-state index < -0.39 is 10.7 Å². The minimum absolute atomic E-state index is 0.000446. The number of allylic oxidation sites excluding steroid dienone is 2. The summed E-state index contributed by atoms with van der Waals surface area (Å²) in [6, 6.07) is 6.46. The number of ketones is 1. The number of aryl methyl sites for hydroxylation is 1. The molecule has 1 aromatic rings. The van der Waals surface area contributed by atoms with Crippen LogP contribution in [0, 0.1) is 11.7 Å². The minimum Gasteiger partial charge on any atom is -0.297 e. The second-order valence-corrected chi connectivity index (χ2v) is 7.86. The van der Waals surface area contributed by atoms with Crippen molar-refractivity contribution >= 4 is 22.7 Å². The second kappa shape index (κ2) is 7.93. The van der Waals surface area contributed by atoms with Gasteiger partial charge in [-0.1, -0.05) is 54.6 Å². The molecule has 1 fully saturated rings. The summed E-state index contributed by atoms with van der Waals surface area (Å²) in [5, 5.41) is -0.0302. The lowest BCUT2D eigenvalue weighted by molar-refractivity contribution is -0.127. The van der Waals surface area contributed by atoms with Gasteiger partial charge in [0.05, 0.1) is 10.7 Å². The molecule has 1 saturated heterocycles. The van der Waals surface area contributed by atoms with E-state index in [9.17, 15) is 14.0 Å². The van der Waals surface area contributed by atoms with Crippen LogP contribution in [0.4, 0.5) is 4.39 Å². The zero-order chi connectivity index (χ0) is 17.7. The molecule has 1 heterocycles. The number of halogens is 1. The fourth-order valence-electron chi connectivity index (χ4n) is 2.95.